The van der Waals surface area contributed by atoms with E-state index < -0.39 is 17.1 Å². The van der Waals surface area contributed by atoms with Gasteiger partial charge < -0.3 is 25.4 Å². The number of nitrogens with one attached hydrogen (secondary N) is 3. The maximum absolute atomic E-state index is 13.6. The number of methoxy groups -OCH3 is 2. The molecule has 2 aromatic heterocycles. The molecule has 1 unspecified atom stereocenters. The van der Waals surface area contributed by atoms with E-state index in [2.05, 4.69) is 20.9 Å². The van der Waals surface area contributed by atoms with E-state index in [1.807, 2.05) is 29.0 Å². The van der Waals surface area contributed by atoms with Gasteiger partial charge in [-0.05, 0) is 66.9 Å². The molecule has 5 rings (SSSR count). The topological polar surface area (TPSA) is 119 Å². The molecule has 9 nitrogen and oxygen atoms in total. The van der Waals surface area contributed by atoms with Gasteiger partial charge in [0.05, 0.1) is 30.0 Å². The van der Waals surface area contributed by atoms with Gasteiger partial charge in [-0.3, -0.25) is 14.4 Å². The average Bonchev–Trinajstić information content (AvgIpc) is 3.78. The van der Waals surface area contributed by atoms with Gasteiger partial charge in [-0.15, -0.1) is 34.4 Å². The third-order valence-corrected chi connectivity index (χ3v) is 9.30. The van der Waals surface area contributed by atoms with E-state index in [4.69, 9.17) is 9.47 Å². The van der Waals surface area contributed by atoms with Crippen molar-refractivity contribution in [1.29, 1.82) is 0 Å². The van der Waals surface area contributed by atoms with Gasteiger partial charge in [0, 0.05) is 33.2 Å². The highest BCUT2D eigenvalue weighted by Gasteiger charge is 2.19. The first-order valence-electron chi connectivity index (χ1n) is 14.0. The Bertz CT molecular complexity index is 1860. The standard InChI is InChI=1S/C34H30N4O5S3/c1-21(31(39)38-34-37-28(20-45-34)30-13-8-16-44-30)46-26-12-7-11-24(18-26)35-33(41)27(36-32(40)22-9-5-4-6-10-22)17-23-14-15-25(42-2)19-29(23)43-3/h4-21H,1-3H3,(H,35,41)(H,36,40)(H,37,38,39)/b27-17+. The SMILES string of the molecule is COc1ccc(/C=C(/NC(=O)c2ccccc2)C(=O)Nc2cccc(SC(C)C(=O)Nc3nc(-c4cccs4)cs3)c2)c(OC)c1. The molecule has 0 bridgehead atoms. The maximum atomic E-state index is 13.6. The zero-order valence-corrected chi connectivity index (χ0v) is 27.6. The summed E-state index contributed by atoms with van der Waals surface area (Å²) in [6, 6.07) is 24.9. The molecule has 46 heavy (non-hydrogen) atoms. The van der Waals surface area contributed by atoms with Crippen molar-refractivity contribution in [1.82, 2.24) is 10.3 Å². The van der Waals surface area contributed by atoms with Crippen molar-refractivity contribution in [2.45, 2.75) is 17.1 Å². The third-order valence-electron chi connectivity index (χ3n) is 6.55. The summed E-state index contributed by atoms with van der Waals surface area (Å²) in [5.41, 5.74) is 2.29. The van der Waals surface area contributed by atoms with Crippen molar-refractivity contribution in [3.8, 4) is 22.1 Å². The Kier molecular flexibility index (Phi) is 10.9. The van der Waals surface area contributed by atoms with Crippen molar-refractivity contribution in [3.63, 3.8) is 0 Å². The zero-order chi connectivity index (χ0) is 32.5. The van der Waals surface area contributed by atoms with Crippen LogP contribution in [0, 0.1) is 0 Å². The minimum absolute atomic E-state index is 0.00786. The van der Waals surface area contributed by atoms with Crippen molar-refractivity contribution >= 4 is 69.1 Å². The summed E-state index contributed by atoms with van der Waals surface area (Å²) in [6.07, 6.45) is 1.54. The van der Waals surface area contributed by atoms with E-state index in [9.17, 15) is 14.4 Å². The van der Waals surface area contributed by atoms with Gasteiger partial charge >= 0.3 is 0 Å². The molecule has 0 spiro atoms. The first-order chi connectivity index (χ1) is 22.3. The fourth-order valence-corrected chi connectivity index (χ4v) is 6.62. The van der Waals surface area contributed by atoms with E-state index in [0.29, 0.717) is 33.4 Å². The Balaban J connectivity index is 1.30. The lowest BCUT2D eigenvalue weighted by atomic mass is 10.1. The molecule has 234 valence electrons. The summed E-state index contributed by atoms with van der Waals surface area (Å²) < 4.78 is 10.8. The number of benzene rings is 3. The molecule has 2 heterocycles. The number of rotatable bonds is 12. The number of thioether (sulfide) groups is 1. The van der Waals surface area contributed by atoms with Crippen LogP contribution in [0.1, 0.15) is 22.8 Å². The van der Waals surface area contributed by atoms with Crippen LogP contribution in [0.3, 0.4) is 0 Å². The molecule has 12 heteroatoms. The zero-order valence-electron chi connectivity index (χ0n) is 25.1. The van der Waals surface area contributed by atoms with Crippen LogP contribution >= 0.6 is 34.4 Å². The van der Waals surface area contributed by atoms with E-state index in [-0.39, 0.29) is 11.6 Å². The minimum atomic E-state index is -0.541. The van der Waals surface area contributed by atoms with Crippen molar-refractivity contribution in [2.75, 3.05) is 24.9 Å². The van der Waals surface area contributed by atoms with Gasteiger partial charge in [0.2, 0.25) is 5.91 Å². The summed E-state index contributed by atoms with van der Waals surface area (Å²) in [6.45, 7) is 1.81. The Hall–Kier alpha value is -4.91. The highest BCUT2D eigenvalue weighted by molar-refractivity contribution is 8.00. The van der Waals surface area contributed by atoms with E-state index >= 15 is 0 Å². The number of hydrogen-bond acceptors (Lipinski definition) is 9. The molecule has 3 N–H and O–H groups in total. The Labute approximate surface area is 278 Å². The van der Waals surface area contributed by atoms with Crippen LogP contribution in [-0.2, 0) is 9.59 Å². The number of nitrogens with zero attached hydrogens (tertiary/aromatic N) is 1. The summed E-state index contributed by atoms with van der Waals surface area (Å²) >= 11 is 4.31. The van der Waals surface area contributed by atoms with E-state index in [0.717, 1.165) is 15.5 Å². The van der Waals surface area contributed by atoms with Crippen LogP contribution in [-0.4, -0.2) is 42.2 Å². The normalized spacial score (nSPS) is 11.8. The fraction of sp³-hybridized carbons (Fsp3) is 0.118. The number of carbonyl (C=O) groups is 3. The molecule has 0 saturated heterocycles. The monoisotopic (exact) mass is 670 g/mol. The lowest BCUT2D eigenvalue weighted by Gasteiger charge is -2.14. The molecule has 0 fully saturated rings. The quantitative estimate of drug-likeness (QED) is 0.0934. The second kappa shape index (κ2) is 15.4. The first kappa shape index (κ1) is 32.5. The van der Waals surface area contributed by atoms with Crippen LogP contribution in [0.15, 0.2) is 106 Å². The molecule has 0 aliphatic rings. The van der Waals surface area contributed by atoms with Crippen LogP contribution in [0.5, 0.6) is 11.5 Å². The average molecular weight is 671 g/mol. The van der Waals surface area contributed by atoms with Crippen LogP contribution in [0.4, 0.5) is 10.8 Å². The van der Waals surface area contributed by atoms with Gasteiger partial charge in [0.25, 0.3) is 11.8 Å². The number of ether oxygens (including phenoxy) is 2. The summed E-state index contributed by atoms with van der Waals surface area (Å²) in [5.74, 6) is -0.124. The molecular weight excluding hydrogens is 641 g/mol. The van der Waals surface area contributed by atoms with Crippen LogP contribution < -0.4 is 25.4 Å². The predicted octanol–water partition coefficient (Wildman–Crippen LogP) is 7.42. The van der Waals surface area contributed by atoms with Gasteiger partial charge in [0.15, 0.2) is 5.13 Å². The molecule has 1 atom stereocenters. The maximum Gasteiger partial charge on any atom is 0.272 e. The second-order valence-corrected chi connectivity index (χ2v) is 13.0. The smallest absolute Gasteiger partial charge is 0.272 e. The summed E-state index contributed by atoms with van der Waals surface area (Å²) in [7, 11) is 3.06. The third kappa shape index (κ3) is 8.42. The summed E-state index contributed by atoms with van der Waals surface area (Å²) in [4.78, 5) is 46.0. The van der Waals surface area contributed by atoms with Gasteiger partial charge in [-0.25, -0.2) is 4.98 Å². The molecular formula is C34H30N4O5S3. The lowest BCUT2D eigenvalue weighted by Crippen LogP contribution is -2.30. The highest BCUT2D eigenvalue weighted by Crippen LogP contribution is 2.31. The molecule has 3 aromatic carbocycles. The largest absolute Gasteiger partial charge is 0.497 e. The molecule has 0 saturated carbocycles. The predicted molar refractivity (Wildman–Crippen MR) is 186 cm³/mol. The van der Waals surface area contributed by atoms with Crippen LogP contribution in [0.25, 0.3) is 16.6 Å². The molecule has 5 aromatic rings. The highest BCUT2D eigenvalue weighted by atomic mass is 32.2. The number of aromatic nitrogens is 1. The Morgan fingerprint density at radius 2 is 1.72 bits per heavy atom. The minimum Gasteiger partial charge on any atom is -0.497 e. The number of amides is 3. The fourth-order valence-electron chi connectivity index (χ4n) is 4.21. The number of hydrogen-bond donors (Lipinski definition) is 3. The van der Waals surface area contributed by atoms with Crippen molar-refractivity contribution in [2.24, 2.45) is 0 Å². The van der Waals surface area contributed by atoms with E-state index in [1.165, 1.54) is 30.2 Å². The van der Waals surface area contributed by atoms with Crippen LogP contribution in [0.2, 0.25) is 0 Å². The molecule has 3 amide bonds. The number of carbonyl (C=O) groups excluding carboxylic acids is 3. The molecule has 0 aliphatic carbocycles. The summed E-state index contributed by atoms with van der Waals surface area (Å²) in [5, 5.41) is 12.5. The number of anilines is 2. The number of thiazole rings is 1. The van der Waals surface area contributed by atoms with E-state index in [1.54, 1.807) is 98.2 Å². The van der Waals surface area contributed by atoms with Gasteiger partial charge in [-0.2, -0.15) is 0 Å². The first-order valence-corrected chi connectivity index (χ1v) is 16.7. The number of thiophene rings is 1. The second-order valence-electron chi connectivity index (χ2n) is 9.73. The van der Waals surface area contributed by atoms with Gasteiger partial charge in [0.1, 0.15) is 17.2 Å². The Morgan fingerprint density at radius 3 is 2.46 bits per heavy atom. The van der Waals surface area contributed by atoms with Crippen molar-refractivity contribution < 1.29 is 23.9 Å². The van der Waals surface area contributed by atoms with Crippen molar-refractivity contribution in [3.05, 3.63) is 113 Å². The lowest BCUT2D eigenvalue weighted by molar-refractivity contribution is -0.115. The van der Waals surface area contributed by atoms with Gasteiger partial charge in [-0.1, -0.05) is 30.3 Å². The Morgan fingerprint density at radius 1 is 0.891 bits per heavy atom. The molecule has 0 radical (unpaired) electrons. The molecule has 0 aliphatic heterocycles.